The van der Waals surface area contributed by atoms with Gasteiger partial charge < -0.3 is 9.32 Å². The normalized spacial score (nSPS) is 15.2. The van der Waals surface area contributed by atoms with E-state index in [2.05, 4.69) is 11.1 Å². The number of thiophene rings is 1. The molecule has 0 aliphatic carbocycles. The number of rotatable bonds is 3. The molecule has 0 saturated carbocycles. The Kier molecular flexibility index (Phi) is 4.58. The molecule has 0 spiro atoms. The first-order valence-corrected chi connectivity index (χ1v) is 12.0. The van der Waals surface area contributed by atoms with Crippen LogP contribution in [0.5, 0.6) is 0 Å². The van der Waals surface area contributed by atoms with Gasteiger partial charge >= 0.3 is 0 Å². The molecule has 1 amide bonds. The van der Waals surface area contributed by atoms with E-state index in [1.165, 1.54) is 16.0 Å². The van der Waals surface area contributed by atoms with Crippen molar-refractivity contribution in [1.82, 2.24) is 14.9 Å². The minimum absolute atomic E-state index is 0.105. The molecule has 1 fully saturated rings. The minimum Gasteiger partial charge on any atom is -0.440 e. The molecule has 1 aliphatic rings. The fourth-order valence-electron chi connectivity index (χ4n) is 4.10. The second-order valence-electron chi connectivity index (χ2n) is 7.74. The third-order valence-corrected chi connectivity index (χ3v) is 8.04. The van der Waals surface area contributed by atoms with E-state index in [1.807, 2.05) is 59.5 Å². The van der Waals surface area contributed by atoms with E-state index in [-0.39, 0.29) is 11.8 Å². The van der Waals surface area contributed by atoms with E-state index < -0.39 is 0 Å². The standard InChI is InChI=1S/C24H19N3O2S2/c28-24(21-10-9-20(30-21)23-26-17-6-2-4-8-19(17)31-23)27-13-11-15(12-14-27)22-25-16-5-1-3-7-18(16)29-22/h1-10,15H,11-14H2. The van der Waals surface area contributed by atoms with Crippen LogP contribution in [0.1, 0.15) is 34.3 Å². The molecule has 2 aromatic carbocycles. The molecule has 6 rings (SSSR count). The average molecular weight is 446 g/mol. The Bertz CT molecular complexity index is 1330. The van der Waals surface area contributed by atoms with Crippen molar-refractivity contribution in [3.8, 4) is 9.88 Å². The van der Waals surface area contributed by atoms with Gasteiger partial charge in [0, 0.05) is 19.0 Å². The van der Waals surface area contributed by atoms with Crippen LogP contribution in [0.3, 0.4) is 0 Å². The highest BCUT2D eigenvalue weighted by Gasteiger charge is 2.28. The number of hydrogen-bond donors (Lipinski definition) is 0. The number of amides is 1. The molecule has 3 aromatic heterocycles. The highest BCUT2D eigenvalue weighted by Crippen LogP contribution is 2.36. The number of hydrogen-bond acceptors (Lipinski definition) is 6. The Morgan fingerprint density at radius 1 is 0.903 bits per heavy atom. The highest BCUT2D eigenvalue weighted by molar-refractivity contribution is 7.26. The molecular weight excluding hydrogens is 426 g/mol. The van der Waals surface area contributed by atoms with E-state index in [4.69, 9.17) is 9.40 Å². The van der Waals surface area contributed by atoms with Crippen molar-refractivity contribution in [3.05, 3.63) is 71.4 Å². The highest BCUT2D eigenvalue weighted by atomic mass is 32.1. The van der Waals surface area contributed by atoms with Crippen LogP contribution in [-0.4, -0.2) is 33.9 Å². The summed E-state index contributed by atoms with van der Waals surface area (Å²) in [6, 6.07) is 19.9. The van der Waals surface area contributed by atoms with E-state index >= 15 is 0 Å². The molecule has 0 N–H and O–H groups in total. The summed E-state index contributed by atoms with van der Waals surface area (Å²) in [5, 5.41) is 0.972. The van der Waals surface area contributed by atoms with E-state index in [0.29, 0.717) is 0 Å². The molecule has 0 bridgehead atoms. The third-order valence-electron chi connectivity index (χ3n) is 5.76. The molecule has 0 radical (unpaired) electrons. The number of benzene rings is 2. The van der Waals surface area contributed by atoms with Crippen molar-refractivity contribution in [1.29, 1.82) is 0 Å². The number of fused-ring (bicyclic) bond motifs is 2. The Balaban J connectivity index is 1.15. The van der Waals surface area contributed by atoms with Crippen LogP contribution in [0.25, 0.3) is 31.2 Å². The quantitative estimate of drug-likeness (QED) is 0.332. The summed E-state index contributed by atoms with van der Waals surface area (Å²) in [7, 11) is 0. The van der Waals surface area contributed by atoms with E-state index in [9.17, 15) is 4.79 Å². The van der Waals surface area contributed by atoms with Crippen LogP contribution < -0.4 is 0 Å². The number of piperidine rings is 1. The maximum absolute atomic E-state index is 13.1. The van der Waals surface area contributed by atoms with Gasteiger partial charge in [0.1, 0.15) is 10.5 Å². The smallest absolute Gasteiger partial charge is 0.263 e. The van der Waals surface area contributed by atoms with Crippen molar-refractivity contribution in [2.45, 2.75) is 18.8 Å². The molecule has 5 nitrogen and oxygen atoms in total. The van der Waals surface area contributed by atoms with Crippen LogP contribution in [0.15, 0.2) is 65.1 Å². The van der Waals surface area contributed by atoms with Gasteiger partial charge in [0.05, 0.1) is 20.0 Å². The van der Waals surface area contributed by atoms with Crippen LogP contribution in [-0.2, 0) is 0 Å². The van der Waals surface area contributed by atoms with Gasteiger partial charge in [-0.05, 0) is 49.2 Å². The number of thiazole rings is 1. The zero-order chi connectivity index (χ0) is 20.8. The second kappa shape index (κ2) is 7.59. The minimum atomic E-state index is 0.105. The molecule has 1 aliphatic heterocycles. The van der Waals surface area contributed by atoms with Crippen LogP contribution >= 0.6 is 22.7 Å². The molecule has 154 valence electrons. The van der Waals surface area contributed by atoms with Gasteiger partial charge in [-0.15, -0.1) is 22.7 Å². The van der Waals surface area contributed by atoms with Crippen molar-refractivity contribution in [2.75, 3.05) is 13.1 Å². The first-order chi connectivity index (χ1) is 15.2. The molecular formula is C24H19N3O2S2. The molecule has 0 atom stereocenters. The van der Waals surface area contributed by atoms with Gasteiger partial charge in [-0.2, -0.15) is 0 Å². The fraction of sp³-hybridized carbons (Fsp3) is 0.208. The van der Waals surface area contributed by atoms with Gasteiger partial charge in [-0.1, -0.05) is 24.3 Å². The largest absolute Gasteiger partial charge is 0.440 e. The number of carbonyl (C=O) groups excluding carboxylic acids is 1. The zero-order valence-corrected chi connectivity index (χ0v) is 18.3. The Labute approximate surface area is 187 Å². The summed E-state index contributed by atoms with van der Waals surface area (Å²) < 4.78 is 7.11. The topological polar surface area (TPSA) is 59.2 Å². The number of para-hydroxylation sites is 3. The lowest BCUT2D eigenvalue weighted by Gasteiger charge is -2.30. The third kappa shape index (κ3) is 3.43. The average Bonchev–Trinajstić information content (AvgIpc) is 3.56. The zero-order valence-electron chi connectivity index (χ0n) is 16.7. The van der Waals surface area contributed by atoms with E-state index in [0.717, 1.165) is 63.2 Å². The maximum atomic E-state index is 13.1. The number of carbonyl (C=O) groups is 1. The van der Waals surface area contributed by atoms with Gasteiger partial charge in [0.25, 0.3) is 5.91 Å². The van der Waals surface area contributed by atoms with Gasteiger partial charge in [0.15, 0.2) is 11.5 Å². The molecule has 4 heterocycles. The lowest BCUT2D eigenvalue weighted by Crippen LogP contribution is -2.37. The molecule has 0 unspecified atom stereocenters. The summed E-state index contributed by atoms with van der Waals surface area (Å²) in [5.74, 6) is 1.16. The molecule has 1 saturated heterocycles. The van der Waals surface area contributed by atoms with Gasteiger partial charge in [-0.3, -0.25) is 4.79 Å². The first kappa shape index (κ1) is 18.7. The molecule has 7 heteroatoms. The SMILES string of the molecule is O=C(c1ccc(-c2nc3ccccc3s2)s1)N1CCC(c2nc3ccccc3o2)CC1. The van der Waals surface area contributed by atoms with Crippen molar-refractivity contribution >= 4 is 49.9 Å². The van der Waals surface area contributed by atoms with Crippen LogP contribution in [0.4, 0.5) is 0 Å². The fourth-order valence-corrected chi connectivity index (χ4v) is 6.09. The summed E-state index contributed by atoms with van der Waals surface area (Å²) in [6.45, 7) is 1.44. The monoisotopic (exact) mass is 445 g/mol. The lowest BCUT2D eigenvalue weighted by atomic mass is 9.96. The summed E-state index contributed by atoms with van der Waals surface area (Å²) in [4.78, 5) is 26.2. The summed E-state index contributed by atoms with van der Waals surface area (Å²) >= 11 is 3.20. The van der Waals surface area contributed by atoms with Gasteiger partial charge in [-0.25, -0.2) is 9.97 Å². The van der Waals surface area contributed by atoms with E-state index in [1.54, 1.807) is 11.3 Å². The number of aromatic nitrogens is 2. The predicted octanol–water partition coefficient (Wildman–Crippen LogP) is 6.19. The number of likely N-dealkylation sites (tertiary alicyclic amines) is 1. The van der Waals surface area contributed by atoms with Crippen LogP contribution in [0, 0.1) is 0 Å². The second-order valence-corrected chi connectivity index (χ2v) is 9.85. The van der Waals surface area contributed by atoms with Crippen molar-refractivity contribution in [2.24, 2.45) is 0 Å². The summed E-state index contributed by atoms with van der Waals surface area (Å²) in [5.41, 5.74) is 2.74. The predicted molar refractivity (Wildman–Crippen MR) is 125 cm³/mol. The Morgan fingerprint density at radius 3 is 2.48 bits per heavy atom. The first-order valence-electron chi connectivity index (χ1n) is 10.3. The van der Waals surface area contributed by atoms with Gasteiger partial charge in [0.2, 0.25) is 0 Å². The summed E-state index contributed by atoms with van der Waals surface area (Å²) in [6.07, 6.45) is 1.74. The number of nitrogens with zero attached hydrogens (tertiary/aromatic N) is 3. The Morgan fingerprint density at radius 2 is 1.68 bits per heavy atom. The number of oxazole rings is 1. The van der Waals surface area contributed by atoms with Crippen molar-refractivity contribution < 1.29 is 9.21 Å². The van der Waals surface area contributed by atoms with Crippen LogP contribution in [0.2, 0.25) is 0 Å². The Hall–Kier alpha value is -3.03. The maximum Gasteiger partial charge on any atom is 0.263 e. The molecule has 5 aromatic rings. The van der Waals surface area contributed by atoms with Crippen molar-refractivity contribution in [3.63, 3.8) is 0 Å². The molecule has 31 heavy (non-hydrogen) atoms. The lowest BCUT2D eigenvalue weighted by molar-refractivity contribution is 0.0711.